The molecule has 0 aliphatic carbocycles. The van der Waals surface area contributed by atoms with Gasteiger partial charge in [-0.3, -0.25) is 0 Å². The fraction of sp³-hybridized carbons (Fsp3) is 0. The van der Waals surface area contributed by atoms with E-state index in [-0.39, 0.29) is 41.2 Å². The molecule has 10 aromatic rings. The maximum atomic E-state index is 9.50. The third-order valence-corrected chi connectivity index (χ3v) is 9.65. The SMILES string of the molecule is [2H]c1c([2H])c(-n2c3ccccc3c3cc4ccccc4cc32)c([2H])c([2H])c1-c1nc(-c2ccccc2)c2cc(-c3ccccc3)c(-c3ccccc3)cc2n1. The zero-order valence-corrected chi connectivity index (χ0v) is 27.4. The van der Waals surface area contributed by atoms with E-state index in [4.69, 9.17) is 9.97 Å². The molecule has 2 aromatic heterocycles. The van der Waals surface area contributed by atoms with Gasteiger partial charge in [-0.05, 0) is 87.5 Å². The Hall–Kier alpha value is -6.84. The third kappa shape index (κ3) is 4.98. The van der Waals surface area contributed by atoms with Crippen molar-refractivity contribution in [2.75, 3.05) is 0 Å². The van der Waals surface area contributed by atoms with Crippen LogP contribution in [0, 0.1) is 0 Å². The van der Waals surface area contributed by atoms with Crippen molar-refractivity contribution in [2.24, 2.45) is 0 Å². The summed E-state index contributed by atoms with van der Waals surface area (Å²) in [5.41, 5.74) is 8.08. The van der Waals surface area contributed by atoms with Gasteiger partial charge in [0.25, 0.3) is 0 Å². The maximum absolute atomic E-state index is 9.50. The Morgan fingerprint density at radius 3 is 1.67 bits per heavy atom. The second-order valence-corrected chi connectivity index (χ2v) is 12.7. The Bertz CT molecular complexity index is 3100. The van der Waals surface area contributed by atoms with E-state index < -0.39 is 0 Å². The van der Waals surface area contributed by atoms with Crippen molar-refractivity contribution >= 4 is 43.5 Å². The topological polar surface area (TPSA) is 30.7 Å². The van der Waals surface area contributed by atoms with Crippen LogP contribution in [0.5, 0.6) is 0 Å². The highest BCUT2D eigenvalue weighted by Crippen LogP contribution is 2.40. The number of fused-ring (bicyclic) bond motifs is 5. The number of aromatic nitrogens is 3. The van der Waals surface area contributed by atoms with E-state index in [1.54, 1.807) is 0 Å². The van der Waals surface area contributed by atoms with E-state index >= 15 is 0 Å². The minimum absolute atomic E-state index is 0.0532. The average Bonchev–Trinajstić information content (AvgIpc) is 3.55. The summed E-state index contributed by atoms with van der Waals surface area (Å²) in [4.78, 5) is 10.1. The predicted molar refractivity (Wildman–Crippen MR) is 213 cm³/mol. The second-order valence-electron chi connectivity index (χ2n) is 12.7. The maximum Gasteiger partial charge on any atom is 0.160 e. The molecule has 0 saturated carbocycles. The van der Waals surface area contributed by atoms with E-state index in [1.165, 1.54) is 0 Å². The molecule has 0 aliphatic rings. The quantitative estimate of drug-likeness (QED) is 0.185. The molecule has 0 bridgehead atoms. The van der Waals surface area contributed by atoms with Gasteiger partial charge < -0.3 is 4.57 Å². The summed E-state index contributed by atoms with van der Waals surface area (Å²) in [5.74, 6) is 0.134. The first-order valence-corrected chi connectivity index (χ1v) is 17.0. The minimum Gasteiger partial charge on any atom is -0.309 e. The van der Waals surface area contributed by atoms with Gasteiger partial charge in [0.05, 0.1) is 27.7 Å². The van der Waals surface area contributed by atoms with Crippen molar-refractivity contribution in [3.05, 3.63) is 188 Å². The number of hydrogen-bond acceptors (Lipinski definition) is 2. The van der Waals surface area contributed by atoms with Crippen LogP contribution in [0.15, 0.2) is 188 Å². The fourth-order valence-corrected chi connectivity index (χ4v) is 7.24. The predicted octanol–water partition coefficient (Wildman–Crippen LogP) is 12.5. The van der Waals surface area contributed by atoms with Crippen molar-refractivity contribution in [3.8, 4) is 50.6 Å². The molecule has 0 atom stereocenters. The second kappa shape index (κ2) is 11.9. The van der Waals surface area contributed by atoms with Crippen LogP contribution in [0.4, 0.5) is 0 Å². The molecule has 51 heavy (non-hydrogen) atoms. The van der Waals surface area contributed by atoms with Gasteiger partial charge >= 0.3 is 0 Å². The van der Waals surface area contributed by atoms with Gasteiger partial charge in [-0.1, -0.05) is 133 Å². The van der Waals surface area contributed by atoms with E-state index in [2.05, 4.69) is 54.6 Å². The first-order valence-electron chi connectivity index (χ1n) is 19.0. The smallest absolute Gasteiger partial charge is 0.160 e. The van der Waals surface area contributed by atoms with Gasteiger partial charge in [0.1, 0.15) is 0 Å². The summed E-state index contributed by atoms with van der Waals surface area (Å²) in [5, 5.41) is 4.87. The van der Waals surface area contributed by atoms with Crippen LogP contribution in [0.1, 0.15) is 5.48 Å². The first kappa shape index (κ1) is 25.2. The molecule has 0 amide bonds. The summed E-state index contributed by atoms with van der Waals surface area (Å²) in [6, 6.07) is 53.9. The van der Waals surface area contributed by atoms with Gasteiger partial charge in [-0.2, -0.15) is 0 Å². The van der Waals surface area contributed by atoms with E-state index in [1.807, 2.05) is 114 Å². The number of hydrogen-bond donors (Lipinski definition) is 0. The lowest BCUT2D eigenvalue weighted by atomic mass is 9.91. The fourth-order valence-electron chi connectivity index (χ4n) is 7.24. The zero-order valence-electron chi connectivity index (χ0n) is 31.4. The van der Waals surface area contributed by atoms with Crippen LogP contribution < -0.4 is 0 Å². The normalized spacial score (nSPS) is 12.6. The Kier molecular flexibility index (Phi) is 5.89. The third-order valence-electron chi connectivity index (χ3n) is 9.65. The average molecular weight is 654 g/mol. The monoisotopic (exact) mass is 653 g/mol. The van der Waals surface area contributed by atoms with Gasteiger partial charge in [-0.25, -0.2) is 9.97 Å². The molecule has 0 N–H and O–H groups in total. The molecule has 0 fully saturated rings. The minimum atomic E-state index is -0.203. The molecular formula is C48H31N3. The standard InChI is InChI=1S/C48H31N3/c1-4-14-32(15-5-1)40-30-43-44(31-41(40)33-16-6-2-7-17-33)49-48(50-47(43)34-18-8-3-9-19-34)35-24-26-38(27-25-35)51-45-23-13-12-22-39(45)42-28-36-20-10-11-21-37(36)29-46(42)51/h1-31H/i24D,25D,26D,27D. The van der Waals surface area contributed by atoms with E-state index in [0.29, 0.717) is 11.2 Å². The molecule has 10 rings (SSSR count). The Morgan fingerprint density at radius 2 is 0.980 bits per heavy atom. The first-order chi connectivity index (χ1) is 27.0. The summed E-state index contributed by atoms with van der Waals surface area (Å²) in [6.45, 7) is 0. The molecule has 8 aromatic carbocycles. The van der Waals surface area contributed by atoms with Gasteiger partial charge in [0, 0.05) is 33.0 Å². The lowest BCUT2D eigenvalue weighted by molar-refractivity contribution is 1.17. The molecule has 238 valence electrons. The lowest BCUT2D eigenvalue weighted by Gasteiger charge is -2.16. The van der Waals surface area contributed by atoms with Crippen molar-refractivity contribution < 1.29 is 5.48 Å². The van der Waals surface area contributed by atoms with Crippen LogP contribution >= 0.6 is 0 Å². The highest BCUT2D eigenvalue weighted by Gasteiger charge is 2.18. The van der Waals surface area contributed by atoms with Gasteiger partial charge in [0.2, 0.25) is 0 Å². The van der Waals surface area contributed by atoms with Crippen molar-refractivity contribution in [1.82, 2.24) is 14.5 Å². The molecule has 0 spiro atoms. The highest BCUT2D eigenvalue weighted by molar-refractivity contribution is 6.13. The zero-order chi connectivity index (χ0) is 37.2. The Balaban J connectivity index is 1.25. The van der Waals surface area contributed by atoms with Gasteiger partial charge in [-0.15, -0.1) is 0 Å². The molecule has 0 radical (unpaired) electrons. The molecule has 0 aliphatic heterocycles. The van der Waals surface area contributed by atoms with Crippen LogP contribution in [-0.2, 0) is 0 Å². The summed E-state index contributed by atoms with van der Waals surface area (Å²) >= 11 is 0. The number of rotatable bonds is 5. The van der Waals surface area contributed by atoms with Crippen LogP contribution in [0.2, 0.25) is 0 Å². The summed E-state index contributed by atoms with van der Waals surface area (Å²) in [6.07, 6.45) is 0. The van der Waals surface area contributed by atoms with Crippen LogP contribution in [0.25, 0.3) is 94.1 Å². The van der Waals surface area contributed by atoms with E-state index in [9.17, 15) is 5.48 Å². The molecule has 3 heteroatoms. The van der Waals surface area contributed by atoms with E-state index in [0.717, 1.165) is 65.8 Å². The number of para-hydroxylation sites is 1. The lowest BCUT2D eigenvalue weighted by Crippen LogP contribution is -1.98. The van der Waals surface area contributed by atoms with Crippen molar-refractivity contribution in [1.29, 1.82) is 0 Å². The molecular weight excluding hydrogens is 619 g/mol. The number of nitrogens with zero attached hydrogens (tertiary/aromatic N) is 3. The summed E-state index contributed by atoms with van der Waals surface area (Å²) in [7, 11) is 0. The molecule has 2 heterocycles. The molecule has 0 saturated heterocycles. The van der Waals surface area contributed by atoms with Crippen molar-refractivity contribution in [3.63, 3.8) is 0 Å². The van der Waals surface area contributed by atoms with Crippen molar-refractivity contribution in [2.45, 2.75) is 0 Å². The number of benzene rings is 8. The molecule has 3 nitrogen and oxygen atoms in total. The molecule has 0 unspecified atom stereocenters. The van der Waals surface area contributed by atoms with Crippen LogP contribution in [-0.4, -0.2) is 14.5 Å². The Morgan fingerprint density at radius 1 is 0.412 bits per heavy atom. The highest BCUT2D eigenvalue weighted by atomic mass is 15.0. The summed E-state index contributed by atoms with van der Waals surface area (Å²) < 4.78 is 39.8. The van der Waals surface area contributed by atoms with Crippen LogP contribution in [0.3, 0.4) is 0 Å². The largest absolute Gasteiger partial charge is 0.309 e. The van der Waals surface area contributed by atoms with Gasteiger partial charge in [0.15, 0.2) is 5.82 Å². The Labute approximate surface area is 301 Å².